The number of likely N-dealkylation sites (tertiary alicyclic amines) is 1. The molecular formula is C27H29N5O3. The second-order valence-electron chi connectivity index (χ2n) is 9.01. The zero-order valence-corrected chi connectivity index (χ0v) is 19.8. The van der Waals surface area contributed by atoms with Crippen LogP contribution in [0.5, 0.6) is 0 Å². The van der Waals surface area contributed by atoms with Gasteiger partial charge in [-0.25, -0.2) is 4.98 Å². The van der Waals surface area contributed by atoms with Gasteiger partial charge in [0.1, 0.15) is 5.58 Å². The van der Waals surface area contributed by atoms with Crippen molar-refractivity contribution in [1.29, 1.82) is 0 Å². The molecule has 8 heteroatoms. The molecule has 1 aliphatic rings. The highest BCUT2D eigenvalue weighted by Crippen LogP contribution is 2.31. The Morgan fingerprint density at radius 2 is 1.97 bits per heavy atom. The van der Waals surface area contributed by atoms with Crippen LogP contribution in [0.1, 0.15) is 57.5 Å². The van der Waals surface area contributed by atoms with Crippen molar-refractivity contribution in [1.82, 2.24) is 24.8 Å². The molecule has 180 valence electrons. The number of pyridine rings is 1. The fourth-order valence-electron chi connectivity index (χ4n) is 4.66. The number of nitrogens with one attached hydrogen (secondary N) is 1. The van der Waals surface area contributed by atoms with Crippen LogP contribution >= 0.6 is 0 Å². The number of benzene rings is 1. The topological polar surface area (TPSA) is 93.3 Å². The number of imidazole rings is 1. The van der Waals surface area contributed by atoms with Gasteiger partial charge in [-0.15, -0.1) is 0 Å². The van der Waals surface area contributed by atoms with Crippen LogP contribution in [0.25, 0.3) is 11.0 Å². The molecule has 0 spiro atoms. The maximum Gasteiger partial charge on any atom is 0.289 e. The first-order chi connectivity index (χ1) is 17.1. The van der Waals surface area contributed by atoms with Crippen molar-refractivity contribution < 1.29 is 14.0 Å². The van der Waals surface area contributed by atoms with Crippen LogP contribution < -0.4 is 5.32 Å². The fraction of sp³-hybridized carbons (Fsp3) is 0.333. The van der Waals surface area contributed by atoms with Crippen molar-refractivity contribution in [3.05, 3.63) is 83.9 Å². The summed E-state index contributed by atoms with van der Waals surface area (Å²) in [6, 6.07) is 13.2. The van der Waals surface area contributed by atoms with Gasteiger partial charge in [0.2, 0.25) is 0 Å². The number of furan rings is 1. The number of aryl methyl sites for hydroxylation is 2. The number of carbonyl (C=O) groups excluding carboxylic acids is 2. The third-order valence-corrected chi connectivity index (χ3v) is 6.55. The lowest BCUT2D eigenvalue weighted by Crippen LogP contribution is -2.38. The number of carbonyl (C=O) groups is 2. The third kappa shape index (κ3) is 5.11. The van der Waals surface area contributed by atoms with Gasteiger partial charge in [-0.05, 0) is 50.5 Å². The van der Waals surface area contributed by atoms with E-state index in [0.29, 0.717) is 31.0 Å². The summed E-state index contributed by atoms with van der Waals surface area (Å²) in [6.07, 6.45) is 7.76. The van der Waals surface area contributed by atoms with Crippen LogP contribution in [0.4, 0.5) is 0 Å². The first kappa shape index (κ1) is 22.8. The smallest absolute Gasteiger partial charge is 0.289 e. The summed E-state index contributed by atoms with van der Waals surface area (Å²) in [4.78, 5) is 36.6. The molecule has 0 radical (unpaired) electrons. The average molecular weight is 472 g/mol. The van der Waals surface area contributed by atoms with Crippen LogP contribution in [-0.4, -0.2) is 50.9 Å². The van der Waals surface area contributed by atoms with Gasteiger partial charge in [-0.2, -0.15) is 0 Å². The van der Waals surface area contributed by atoms with E-state index in [0.717, 1.165) is 48.2 Å². The molecule has 1 saturated heterocycles. The Balaban J connectivity index is 1.21. The zero-order chi connectivity index (χ0) is 24.2. The van der Waals surface area contributed by atoms with Gasteiger partial charge in [0.25, 0.3) is 11.8 Å². The number of hydrogen-bond acceptors (Lipinski definition) is 5. The first-order valence-electron chi connectivity index (χ1n) is 12.1. The Bertz CT molecular complexity index is 1290. The van der Waals surface area contributed by atoms with E-state index in [-0.39, 0.29) is 17.7 Å². The molecule has 0 bridgehead atoms. The van der Waals surface area contributed by atoms with Gasteiger partial charge < -0.3 is 19.2 Å². The lowest BCUT2D eigenvalue weighted by Gasteiger charge is -2.32. The molecule has 8 nitrogen and oxygen atoms in total. The van der Waals surface area contributed by atoms with Crippen LogP contribution in [-0.2, 0) is 6.54 Å². The zero-order valence-electron chi connectivity index (χ0n) is 19.8. The number of nitrogens with zero attached hydrogens (tertiary/aromatic N) is 4. The van der Waals surface area contributed by atoms with Crippen molar-refractivity contribution in [2.45, 2.75) is 38.6 Å². The maximum atomic E-state index is 13.0. The van der Waals surface area contributed by atoms with Gasteiger partial charge >= 0.3 is 0 Å². The second-order valence-corrected chi connectivity index (χ2v) is 9.01. The minimum atomic E-state index is -0.0982. The number of piperidine rings is 1. The van der Waals surface area contributed by atoms with E-state index in [2.05, 4.69) is 10.3 Å². The van der Waals surface area contributed by atoms with Crippen LogP contribution in [0.15, 0.2) is 65.6 Å². The van der Waals surface area contributed by atoms with Gasteiger partial charge in [0.05, 0.1) is 17.6 Å². The Morgan fingerprint density at radius 3 is 2.74 bits per heavy atom. The van der Waals surface area contributed by atoms with E-state index in [1.54, 1.807) is 18.6 Å². The highest BCUT2D eigenvalue weighted by Gasteiger charge is 2.29. The quantitative estimate of drug-likeness (QED) is 0.408. The van der Waals surface area contributed by atoms with E-state index in [1.807, 2.05) is 59.0 Å². The summed E-state index contributed by atoms with van der Waals surface area (Å²) in [6.45, 7) is 4.52. The highest BCUT2D eigenvalue weighted by molar-refractivity contribution is 5.96. The van der Waals surface area contributed by atoms with Gasteiger partial charge in [0.15, 0.2) is 5.76 Å². The first-order valence-corrected chi connectivity index (χ1v) is 12.1. The SMILES string of the molecule is Cc1ccc(C(=O)NCCCn2ccnc2)c(C2CCN(C(=O)c3cc4ccccc4o3)CC2)n1. The molecule has 2 amide bonds. The van der Waals surface area contributed by atoms with Crippen LogP contribution in [0.3, 0.4) is 0 Å². The Kier molecular flexibility index (Phi) is 6.61. The predicted molar refractivity (Wildman–Crippen MR) is 132 cm³/mol. The van der Waals surface area contributed by atoms with E-state index in [1.165, 1.54) is 0 Å². The minimum Gasteiger partial charge on any atom is -0.451 e. The molecule has 0 atom stereocenters. The number of para-hydroxylation sites is 1. The predicted octanol–water partition coefficient (Wildman–Crippen LogP) is 4.17. The summed E-state index contributed by atoms with van der Waals surface area (Å²) in [5, 5.41) is 3.96. The van der Waals surface area contributed by atoms with Crippen molar-refractivity contribution in [3.63, 3.8) is 0 Å². The minimum absolute atomic E-state index is 0.0901. The molecule has 35 heavy (non-hydrogen) atoms. The number of hydrogen-bond donors (Lipinski definition) is 1. The number of amides is 2. The Hall–Kier alpha value is -3.94. The molecule has 0 aliphatic carbocycles. The lowest BCUT2D eigenvalue weighted by atomic mass is 9.89. The number of fused-ring (bicyclic) bond motifs is 1. The van der Waals surface area contributed by atoms with Crippen molar-refractivity contribution in [3.8, 4) is 0 Å². The van der Waals surface area contributed by atoms with E-state index in [9.17, 15) is 9.59 Å². The molecule has 4 aromatic rings. The van der Waals surface area contributed by atoms with Gasteiger partial charge in [0, 0.05) is 55.6 Å². The molecule has 1 aromatic carbocycles. The highest BCUT2D eigenvalue weighted by atomic mass is 16.3. The summed E-state index contributed by atoms with van der Waals surface area (Å²) < 4.78 is 7.76. The summed E-state index contributed by atoms with van der Waals surface area (Å²) in [5.41, 5.74) is 3.06. The van der Waals surface area contributed by atoms with Gasteiger partial charge in [-0.1, -0.05) is 18.2 Å². The summed E-state index contributed by atoms with van der Waals surface area (Å²) in [7, 11) is 0. The number of rotatable bonds is 7. The molecule has 3 aromatic heterocycles. The van der Waals surface area contributed by atoms with Crippen molar-refractivity contribution in [2.24, 2.45) is 0 Å². The maximum absolute atomic E-state index is 13.0. The molecule has 0 unspecified atom stereocenters. The summed E-state index contributed by atoms with van der Waals surface area (Å²) >= 11 is 0. The Morgan fingerprint density at radius 1 is 1.14 bits per heavy atom. The second kappa shape index (κ2) is 10.1. The molecule has 5 rings (SSSR count). The molecule has 1 aliphatic heterocycles. The molecular weight excluding hydrogens is 442 g/mol. The summed E-state index contributed by atoms with van der Waals surface area (Å²) in [5.74, 6) is 0.307. The monoisotopic (exact) mass is 471 g/mol. The average Bonchev–Trinajstić information content (AvgIpc) is 3.56. The molecule has 4 heterocycles. The van der Waals surface area contributed by atoms with Gasteiger partial charge in [-0.3, -0.25) is 14.6 Å². The largest absolute Gasteiger partial charge is 0.451 e. The molecule has 1 fully saturated rings. The van der Waals surface area contributed by atoms with Crippen molar-refractivity contribution in [2.75, 3.05) is 19.6 Å². The van der Waals surface area contributed by atoms with E-state index < -0.39 is 0 Å². The van der Waals surface area contributed by atoms with Crippen molar-refractivity contribution >= 4 is 22.8 Å². The molecule has 0 saturated carbocycles. The molecule has 1 N–H and O–H groups in total. The van der Waals surface area contributed by atoms with E-state index >= 15 is 0 Å². The van der Waals surface area contributed by atoms with Crippen LogP contribution in [0, 0.1) is 6.92 Å². The standard InChI is InChI=1S/C27H29N5O3/c1-19-7-8-22(26(33)29-11-4-13-31-16-12-28-18-31)25(30-19)20-9-14-32(15-10-20)27(34)24-17-21-5-2-3-6-23(21)35-24/h2-3,5-8,12,16-18,20H,4,9-11,13-15H2,1H3,(H,29,33). The fourth-order valence-corrected chi connectivity index (χ4v) is 4.66. The normalized spacial score (nSPS) is 14.4. The van der Waals surface area contributed by atoms with Crippen LogP contribution in [0.2, 0.25) is 0 Å². The van der Waals surface area contributed by atoms with E-state index in [4.69, 9.17) is 9.40 Å². The lowest BCUT2D eigenvalue weighted by molar-refractivity contribution is 0.0681. The third-order valence-electron chi connectivity index (χ3n) is 6.55. The Labute approximate surface area is 204 Å². The number of aromatic nitrogens is 3.